The summed E-state index contributed by atoms with van der Waals surface area (Å²) in [6.45, 7) is 28.0. The van der Waals surface area contributed by atoms with E-state index in [1.54, 1.807) is 170 Å². The van der Waals surface area contributed by atoms with Crippen LogP contribution in [-0.2, 0) is 28.7 Å². The molecule has 0 saturated carbocycles. The first kappa shape index (κ1) is 110. The second-order valence-corrected chi connectivity index (χ2v) is 34.0. The monoisotopic (exact) mass is 2060 g/mol. The fourth-order valence-electron chi connectivity index (χ4n) is 14.8. The van der Waals surface area contributed by atoms with Gasteiger partial charge in [-0.1, -0.05) is 51.1 Å². The first-order valence-corrected chi connectivity index (χ1v) is 47.2. The predicted molar refractivity (Wildman–Crippen MR) is 561 cm³/mol. The number of nitrogens with one attached hydrogen (secondary N) is 12. The van der Waals surface area contributed by atoms with E-state index < -0.39 is 40.8 Å². The SMILES string of the molecule is C=CC(=O)N1CCC[C@@H](Nc2nc(Nc3cccc(OC)c3)ncc2F)C1.C=CC(=O)N1CCC[C@H](Nc2nc(Nc3ccc(OC)nc3)ncc2F)C1.C=CC(=O)N1CCC[C@H](Nc2nc(Nc3cccc(OC)c3)ncc2F)C1.C=CC(=O)N1CCOc2ccc(Nc3nc(Nc4ccc(OC)nc4)ncc3F)cc21.C=CC(=O)Nc1cccc(Nc2nc(Nc3ccc(OCCCNC(=O)OC(C)(C)C)cc3)ncc2F)c1. The number of hydrogen-bond donors (Lipinski definition) is 12. The number of benzene rings is 5. The van der Waals surface area contributed by atoms with E-state index in [1.807, 2.05) is 36.4 Å². The van der Waals surface area contributed by atoms with E-state index >= 15 is 0 Å². The Hall–Kier alpha value is -18.4. The van der Waals surface area contributed by atoms with Crippen LogP contribution in [0.4, 0.5) is 137 Å². The van der Waals surface area contributed by atoms with E-state index in [0.29, 0.717) is 147 Å². The summed E-state index contributed by atoms with van der Waals surface area (Å²) >= 11 is 0. The van der Waals surface area contributed by atoms with Crippen molar-refractivity contribution < 1.29 is 83.9 Å². The molecule has 11 heterocycles. The standard InChI is InChI=1S/C27H31FN6O4.C21H19FN6O3.2C19H22FN5O2.C18H21FN6O2/c1-5-23(35)31-19-8-6-9-20(16-19)32-24-22(28)17-30-25(34-24)33-18-10-12-21(13-11-18)37-15-7-14-29-26(36)38-27(2,3)4;1-3-19(29)28-8-9-31-17-6-4-13(10-16(17)28)25-20-15(22)12-24-21(27-20)26-14-5-7-18(30-2)23-11-14;2*1-3-17(26)25-9-5-7-14(12-25)22-18-16(20)11-21-19(24-18)23-13-6-4-8-15(10-13)27-2;1-3-16(26)25-8-4-5-13(11-25)22-17-14(19)10-21-18(24-17)23-12-6-7-15(27-2)20-9-12/h5-6,8-13,16-17H,1,7,14-15H2,2-4H3,(H,29,36)(H,31,35)(H2,30,32,33,34);3-7,10-12H,1,8-9H2,2H3,(H2,24,25,26,27);2*3-4,6,8,10-11,14H,1,5,7,9,12H2,2H3,(H2,21,22,23,24);3,6-7,9-10,13H,1,4-5,8,11H2,2H3,(H2,21,22,23,24)/t;;2*14-;13-/m..100/s1. The Morgan fingerprint density at radius 1 is 0.400 bits per heavy atom. The van der Waals surface area contributed by atoms with Crippen molar-refractivity contribution >= 4 is 146 Å². The number of piperidine rings is 3. The number of likely N-dealkylation sites (tertiary alicyclic amines) is 3. The quantitative estimate of drug-likeness (QED) is 0.00997. The zero-order chi connectivity index (χ0) is 107. The Morgan fingerprint density at radius 2 is 0.780 bits per heavy atom. The van der Waals surface area contributed by atoms with Crippen molar-refractivity contribution in [1.82, 2.24) is 79.8 Å². The minimum atomic E-state index is -0.638. The van der Waals surface area contributed by atoms with Gasteiger partial charge in [-0.3, -0.25) is 24.0 Å². The van der Waals surface area contributed by atoms with Crippen LogP contribution in [0.2, 0.25) is 0 Å². The third-order valence-electron chi connectivity index (χ3n) is 22.0. The van der Waals surface area contributed by atoms with Gasteiger partial charge in [0.2, 0.25) is 65.1 Å². The first-order valence-electron chi connectivity index (χ1n) is 47.2. The van der Waals surface area contributed by atoms with Gasteiger partial charge in [-0.05, 0) is 193 Å². The number of methoxy groups -OCH3 is 4. The summed E-state index contributed by atoms with van der Waals surface area (Å²) < 4.78 is 108. The summed E-state index contributed by atoms with van der Waals surface area (Å²) in [5.74, 6) is 1.04. The number of ether oxygens (including phenoxy) is 7. The summed E-state index contributed by atoms with van der Waals surface area (Å²) in [6, 6.07) is 40.1. The van der Waals surface area contributed by atoms with Crippen molar-refractivity contribution in [1.29, 1.82) is 0 Å². The molecule has 150 heavy (non-hydrogen) atoms. The molecule has 46 heteroatoms. The number of rotatable bonds is 35. The molecule has 0 spiro atoms. The molecular formula is C104H115F5N28O13. The zero-order valence-corrected chi connectivity index (χ0v) is 83.3. The highest BCUT2D eigenvalue weighted by molar-refractivity contribution is 6.03. The number of carbonyl (C=O) groups excluding carboxylic acids is 6. The number of halogens is 5. The Balaban J connectivity index is 0.000000167. The van der Waals surface area contributed by atoms with E-state index in [1.165, 1.54) is 38.5 Å². The molecule has 3 saturated heterocycles. The molecule has 0 radical (unpaired) electrons. The third kappa shape index (κ3) is 34.1. The van der Waals surface area contributed by atoms with E-state index in [0.717, 1.165) is 87.0 Å². The number of aromatic nitrogens is 12. The summed E-state index contributed by atoms with van der Waals surface area (Å²) in [4.78, 5) is 126. The number of alkyl carbamates (subject to hydrolysis) is 1. The Labute approximate surface area is 862 Å². The second kappa shape index (κ2) is 55.0. The summed E-state index contributed by atoms with van der Waals surface area (Å²) in [5, 5.41) is 35.4. The van der Waals surface area contributed by atoms with Gasteiger partial charge in [0.15, 0.2) is 58.2 Å². The van der Waals surface area contributed by atoms with Gasteiger partial charge in [0.05, 0.1) is 102 Å². The van der Waals surface area contributed by atoms with Gasteiger partial charge in [0, 0.05) is 122 Å². The molecule has 12 N–H and O–H groups in total. The smallest absolute Gasteiger partial charge is 0.407 e. The highest BCUT2D eigenvalue weighted by Crippen LogP contribution is 2.37. The lowest BCUT2D eigenvalue weighted by atomic mass is 10.1. The molecule has 5 aromatic carbocycles. The molecule has 3 atom stereocenters. The van der Waals surface area contributed by atoms with Crippen LogP contribution in [0, 0.1) is 29.1 Å². The van der Waals surface area contributed by atoms with Gasteiger partial charge in [0.1, 0.15) is 35.2 Å². The third-order valence-corrected chi connectivity index (χ3v) is 22.0. The fraction of sp³-hybridized carbons (Fsp3) is 0.269. The van der Waals surface area contributed by atoms with Gasteiger partial charge in [-0.25, -0.2) is 61.6 Å². The average Bonchev–Trinajstić information content (AvgIpc) is 0.799. The lowest BCUT2D eigenvalue weighted by molar-refractivity contribution is -0.127. The van der Waals surface area contributed by atoms with Crippen molar-refractivity contribution in [2.24, 2.45) is 0 Å². The molecule has 784 valence electrons. The molecule has 0 bridgehead atoms. The molecule has 4 aliphatic rings. The molecule has 3 fully saturated rings. The summed E-state index contributed by atoms with van der Waals surface area (Å²) in [5.41, 5.74) is 5.00. The Morgan fingerprint density at radius 3 is 1.18 bits per heavy atom. The molecule has 0 aliphatic carbocycles. The number of carbonyl (C=O) groups is 6. The van der Waals surface area contributed by atoms with Crippen LogP contribution in [0.5, 0.6) is 34.8 Å². The van der Waals surface area contributed by atoms with Crippen molar-refractivity contribution in [3.63, 3.8) is 0 Å². The number of anilines is 19. The molecule has 7 aromatic heterocycles. The van der Waals surface area contributed by atoms with Crippen LogP contribution in [0.3, 0.4) is 0 Å². The average molecular weight is 2060 g/mol. The molecule has 0 unspecified atom stereocenters. The maximum absolute atomic E-state index is 14.4. The van der Waals surface area contributed by atoms with Gasteiger partial charge >= 0.3 is 6.09 Å². The van der Waals surface area contributed by atoms with Gasteiger partial charge in [0.25, 0.3) is 5.91 Å². The molecule has 4 aliphatic heterocycles. The number of hydrogen-bond acceptors (Lipinski definition) is 35. The molecule has 6 amide bonds. The molecule has 41 nitrogen and oxygen atoms in total. The van der Waals surface area contributed by atoms with Crippen molar-refractivity contribution in [3.8, 4) is 34.8 Å². The molecule has 12 aromatic rings. The van der Waals surface area contributed by atoms with Crippen LogP contribution in [-0.4, -0.2) is 228 Å². The van der Waals surface area contributed by atoms with E-state index in [-0.39, 0.29) is 106 Å². The summed E-state index contributed by atoms with van der Waals surface area (Å²) in [7, 11) is 6.22. The number of fused-ring (bicyclic) bond motifs is 1. The number of amides is 6. The van der Waals surface area contributed by atoms with E-state index in [9.17, 15) is 50.7 Å². The lowest BCUT2D eigenvalue weighted by Gasteiger charge is -2.32. The second-order valence-electron chi connectivity index (χ2n) is 34.0. The normalized spacial score (nSPS) is 14.2. The molecule has 16 rings (SSSR count). The Bertz CT molecular complexity index is 6530. The van der Waals surface area contributed by atoms with Crippen LogP contribution in [0.15, 0.2) is 246 Å². The van der Waals surface area contributed by atoms with Crippen LogP contribution in [0.25, 0.3) is 0 Å². The minimum Gasteiger partial charge on any atom is -0.497 e. The van der Waals surface area contributed by atoms with Gasteiger partial charge in [-0.15, -0.1) is 0 Å². The van der Waals surface area contributed by atoms with E-state index in [4.69, 9.17) is 33.2 Å². The predicted octanol–water partition coefficient (Wildman–Crippen LogP) is 17.2. The highest BCUT2D eigenvalue weighted by Gasteiger charge is 2.30. The highest BCUT2D eigenvalue weighted by atomic mass is 19.1. The van der Waals surface area contributed by atoms with Crippen LogP contribution >= 0.6 is 0 Å². The maximum Gasteiger partial charge on any atom is 0.407 e. The topological polar surface area (TPSA) is 479 Å². The zero-order valence-electron chi connectivity index (χ0n) is 83.3. The Kier molecular flexibility index (Phi) is 40.5. The van der Waals surface area contributed by atoms with Crippen molar-refractivity contribution in [2.75, 3.05) is 157 Å². The fourth-order valence-corrected chi connectivity index (χ4v) is 14.8. The van der Waals surface area contributed by atoms with Crippen molar-refractivity contribution in [2.45, 2.75) is 89.4 Å². The number of nitrogens with zero attached hydrogens (tertiary/aromatic N) is 16. The first-order chi connectivity index (χ1) is 72.4. The minimum absolute atomic E-state index is 0.0303. The molecular weight excluding hydrogens is 1940 g/mol. The largest absolute Gasteiger partial charge is 0.497 e. The van der Waals surface area contributed by atoms with Gasteiger partial charge in [-0.2, -0.15) is 24.9 Å². The van der Waals surface area contributed by atoms with E-state index in [2.05, 4.69) is 157 Å². The summed E-state index contributed by atoms with van der Waals surface area (Å²) in [6.07, 6.45) is 20.0. The lowest BCUT2D eigenvalue weighted by Crippen LogP contribution is -2.44. The number of pyridine rings is 2. The van der Waals surface area contributed by atoms with Crippen molar-refractivity contribution in [3.05, 3.63) is 275 Å². The van der Waals surface area contributed by atoms with Crippen LogP contribution in [0.1, 0.15) is 65.7 Å². The van der Waals surface area contributed by atoms with Crippen LogP contribution < -0.4 is 97.1 Å². The maximum atomic E-state index is 14.4. The van der Waals surface area contributed by atoms with Gasteiger partial charge < -0.3 is 117 Å².